The number of hydrogen-bond donors (Lipinski definition) is 1. The fraction of sp³-hybridized carbons (Fsp3) is 0.684. The van der Waals surface area contributed by atoms with E-state index < -0.39 is 10.1 Å². The van der Waals surface area contributed by atoms with Crippen molar-refractivity contribution in [1.82, 2.24) is 0 Å². The first kappa shape index (κ1) is 24.1. The van der Waals surface area contributed by atoms with E-state index in [1.807, 2.05) is 6.92 Å². The zero-order valence-corrected chi connectivity index (χ0v) is 18.6. The van der Waals surface area contributed by atoms with Crippen LogP contribution in [0, 0.1) is 6.92 Å². The van der Waals surface area contributed by atoms with Crippen molar-refractivity contribution in [2.45, 2.75) is 86.6 Å². The summed E-state index contributed by atoms with van der Waals surface area (Å²) in [6, 6.07) is 5.99. The first-order valence-electron chi connectivity index (χ1n) is 9.46. The molecule has 0 aromatic heterocycles. The predicted molar refractivity (Wildman–Crippen MR) is 103 cm³/mol. The fourth-order valence-electron chi connectivity index (χ4n) is 2.45. The molecule has 3 nitrogen and oxygen atoms in total. The van der Waals surface area contributed by atoms with E-state index in [0.29, 0.717) is 0 Å². The molecule has 134 valence electrons. The molecule has 0 unspecified atom stereocenters. The molecule has 0 fully saturated rings. The Labute approximate surface area is 166 Å². The topological polar surface area (TPSA) is 54.4 Å². The molecule has 0 atom stereocenters. The van der Waals surface area contributed by atoms with Crippen LogP contribution in [0.5, 0.6) is 0 Å². The molecule has 1 aromatic rings. The van der Waals surface area contributed by atoms with Gasteiger partial charge in [0.1, 0.15) is 0 Å². The SMILES string of the molecule is CCCCCCCCCCC[CH2][Na].Cc1ccc(S(=O)(=O)O)cc1. The summed E-state index contributed by atoms with van der Waals surface area (Å²) < 4.78 is 31.1. The third-order valence-electron chi connectivity index (χ3n) is 4.03. The predicted octanol–water partition coefficient (Wildman–Crippen LogP) is 5.74. The van der Waals surface area contributed by atoms with Crippen LogP contribution in [0.15, 0.2) is 29.2 Å². The van der Waals surface area contributed by atoms with Crippen molar-refractivity contribution in [2.75, 3.05) is 0 Å². The van der Waals surface area contributed by atoms with Gasteiger partial charge in [0.25, 0.3) is 10.1 Å². The van der Waals surface area contributed by atoms with Gasteiger partial charge in [0.2, 0.25) is 0 Å². The molecule has 0 saturated heterocycles. The Bertz CT molecular complexity index is 488. The average Bonchev–Trinajstić information content (AvgIpc) is 2.53. The van der Waals surface area contributed by atoms with E-state index in [2.05, 4.69) is 6.92 Å². The van der Waals surface area contributed by atoms with E-state index >= 15 is 0 Å². The third kappa shape index (κ3) is 14.5. The second-order valence-corrected chi connectivity index (χ2v) is 8.89. The quantitative estimate of drug-likeness (QED) is 0.310. The van der Waals surface area contributed by atoms with Crippen LogP contribution in [0.3, 0.4) is 0 Å². The molecule has 0 heterocycles. The van der Waals surface area contributed by atoms with Gasteiger partial charge in [-0.25, -0.2) is 0 Å². The molecule has 0 aliphatic heterocycles. The summed E-state index contributed by atoms with van der Waals surface area (Å²) in [5.41, 5.74) is 0.956. The van der Waals surface area contributed by atoms with Crippen molar-refractivity contribution in [3.63, 3.8) is 0 Å². The molecule has 5 heteroatoms. The summed E-state index contributed by atoms with van der Waals surface area (Å²) in [5.74, 6) is 0. The van der Waals surface area contributed by atoms with Crippen molar-refractivity contribution in [2.24, 2.45) is 0 Å². The molecule has 1 aromatic carbocycles. The zero-order chi connectivity index (χ0) is 18.3. The maximum absolute atomic E-state index is 10.5. The molecule has 24 heavy (non-hydrogen) atoms. The van der Waals surface area contributed by atoms with E-state index in [1.54, 1.807) is 12.1 Å². The van der Waals surface area contributed by atoms with Crippen molar-refractivity contribution >= 4 is 38.0 Å². The van der Waals surface area contributed by atoms with Gasteiger partial charge in [0.05, 0.1) is 4.90 Å². The van der Waals surface area contributed by atoms with Gasteiger partial charge >= 0.3 is 103 Å². The van der Waals surface area contributed by atoms with Gasteiger partial charge in [-0.1, -0.05) is 17.7 Å². The molecule has 1 rings (SSSR count). The number of benzene rings is 1. The maximum atomic E-state index is 10.5. The number of rotatable bonds is 11. The van der Waals surface area contributed by atoms with Gasteiger partial charge in [0.15, 0.2) is 0 Å². The van der Waals surface area contributed by atoms with Crippen molar-refractivity contribution in [1.29, 1.82) is 0 Å². The van der Waals surface area contributed by atoms with Crippen LogP contribution in [-0.4, -0.2) is 40.9 Å². The number of unbranched alkanes of at least 4 members (excludes halogenated alkanes) is 9. The van der Waals surface area contributed by atoms with Crippen molar-refractivity contribution in [3.8, 4) is 0 Å². The summed E-state index contributed by atoms with van der Waals surface area (Å²) >= 11 is 1.41. The summed E-state index contributed by atoms with van der Waals surface area (Å²) in [4.78, 5) is -0.0666. The minimum absolute atomic E-state index is 0.0666. The standard InChI is InChI=1S/C12H25.C7H8O3S.Na/c1-3-5-7-9-11-12-10-8-6-4-2;1-6-2-4-7(5-3-6)11(8,9)10;/h1,3-12H2,2H3;2-5H,1H3,(H,8,9,10);. The maximum Gasteiger partial charge on any atom is 0.294 e. The van der Waals surface area contributed by atoms with E-state index in [4.69, 9.17) is 4.55 Å². The summed E-state index contributed by atoms with van der Waals surface area (Å²) in [6.07, 6.45) is 14.7. The second-order valence-electron chi connectivity index (χ2n) is 6.47. The van der Waals surface area contributed by atoms with Gasteiger partial charge in [-0.05, 0) is 19.1 Å². The molecule has 0 spiro atoms. The first-order valence-corrected chi connectivity index (χ1v) is 12.3. The Morgan fingerprint density at radius 3 is 1.62 bits per heavy atom. The van der Waals surface area contributed by atoms with Gasteiger partial charge in [-0.3, -0.25) is 4.55 Å². The summed E-state index contributed by atoms with van der Waals surface area (Å²) in [6.45, 7) is 4.13. The van der Waals surface area contributed by atoms with Crippen LogP contribution in [0.25, 0.3) is 0 Å². The second kappa shape index (κ2) is 15.4. The van der Waals surface area contributed by atoms with Crippen LogP contribution in [-0.2, 0) is 10.1 Å². The first-order chi connectivity index (χ1) is 11.4. The van der Waals surface area contributed by atoms with Gasteiger partial charge in [0, 0.05) is 0 Å². The Morgan fingerprint density at radius 1 is 0.833 bits per heavy atom. The van der Waals surface area contributed by atoms with Gasteiger partial charge in [-0.15, -0.1) is 0 Å². The van der Waals surface area contributed by atoms with E-state index in [9.17, 15) is 8.42 Å². The molecule has 1 N–H and O–H groups in total. The van der Waals surface area contributed by atoms with Gasteiger partial charge < -0.3 is 0 Å². The number of hydrogen-bond acceptors (Lipinski definition) is 2. The van der Waals surface area contributed by atoms with Gasteiger partial charge in [-0.2, -0.15) is 8.42 Å². The van der Waals surface area contributed by atoms with Crippen LogP contribution in [0.4, 0.5) is 0 Å². The van der Waals surface area contributed by atoms with Crippen LogP contribution in [0.1, 0.15) is 76.7 Å². The van der Waals surface area contributed by atoms with E-state index in [1.165, 1.54) is 108 Å². The zero-order valence-electron chi connectivity index (χ0n) is 15.8. The molecule has 0 aliphatic carbocycles. The van der Waals surface area contributed by atoms with E-state index in [0.717, 1.165) is 5.56 Å². The Balaban J connectivity index is 0.000000446. The molecule has 0 saturated carbocycles. The summed E-state index contributed by atoms with van der Waals surface area (Å²) in [7, 11) is -4.02. The minimum atomic E-state index is -4.02. The molecule has 0 aliphatic rings. The molecular weight excluding hydrogens is 331 g/mol. The van der Waals surface area contributed by atoms with E-state index in [-0.39, 0.29) is 4.90 Å². The third-order valence-corrected chi connectivity index (χ3v) is 5.60. The molecule has 0 bridgehead atoms. The smallest absolute Gasteiger partial charge is 0.282 e. The van der Waals surface area contributed by atoms with Crippen LogP contribution < -0.4 is 0 Å². The van der Waals surface area contributed by atoms with Crippen LogP contribution >= 0.6 is 0 Å². The largest absolute Gasteiger partial charge is 0.294 e. The van der Waals surface area contributed by atoms with Crippen molar-refractivity contribution < 1.29 is 13.0 Å². The number of aryl methyl sites for hydroxylation is 1. The monoisotopic (exact) mass is 364 g/mol. The normalized spacial score (nSPS) is 11.0. The average molecular weight is 365 g/mol. The Hall–Kier alpha value is 0.130. The Morgan fingerprint density at radius 2 is 1.25 bits per heavy atom. The van der Waals surface area contributed by atoms with Crippen LogP contribution in [0.2, 0.25) is 3.67 Å². The molecule has 0 amide bonds. The van der Waals surface area contributed by atoms with Crippen molar-refractivity contribution in [3.05, 3.63) is 29.8 Å². The molecule has 0 radical (unpaired) electrons. The fourth-order valence-corrected chi connectivity index (χ4v) is 3.43. The summed E-state index contributed by atoms with van der Waals surface area (Å²) in [5, 5.41) is 0. The minimum Gasteiger partial charge on any atom is -0.282 e. The Kier molecular flexibility index (Phi) is 15.5. The molecular formula is C19H33NaO3S.